The van der Waals surface area contributed by atoms with Gasteiger partial charge in [0.05, 0.1) is 41.5 Å². The molecular weight excluding hydrogens is 530 g/mol. The minimum atomic E-state index is -0.992. The lowest BCUT2D eigenvalue weighted by atomic mass is 10.0. The number of imidazole rings is 1. The summed E-state index contributed by atoms with van der Waals surface area (Å²) >= 11 is 5.80. The number of benzene rings is 2. The zero-order valence-corrected chi connectivity index (χ0v) is 21.6. The molecule has 0 aliphatic carbocycles. The van der Waals surface area contributed by atoms with Crippen LogP contribution in [0.4, 0.5) is 8.78 Å². The van der Waals surface area contributed by atoms with Crippen molar-refractivity contribution in [1.29, 1.82) is 0 Å². The molecular formula is C28H25ClF2N4O4. The number of aromatic carboxylic acids is 1. The molecule has 11 heteroatoms. The maximum Gasteiger partial charge on any atom is 0.335 e. The third-order valence-corrected chi connectivity index (χ3v) is 7.42. The molecule has 2 aromatic carbocycles. The van der Waals surface area contributed by atoms with Gasteiger partial charge in [0, 0.05) is 30.3 Å². The summed E-state index contributed by atoms with van der Waals surface area (Å²) in [7, 11) is 0. The number of carboxylic acids is 1. The number of pyridine rings is 1. The molecule has 2 aliphatic rings. The average Bonchev–Trinajstić information content (AvgIpc) is 3.21. The zero-order chi connectivity index (χ0) is 27.1. The van der Waals surface area contributed by atoms with Crippen molar-refractivity contribution in [3.63, 3.8) is 0 Å². The fourth-order valence-electron chi connectivity index (χ4n) is 4.95. The maximum atomic E-state index is 14.7. The molecule has 202 valence electrons. The van der Waals surface area contributed by atoms with Crippen molar-refractivity contribution in [1.82, 2.24) is 19.4 Å². The molecule has 39 heavy (non-hydrogen) atoms. The van der Waals surface area contributed by atoms with Gasteiger partial charge in [0.15, 0.2) is 5.82 Å². The lowest BCUT2D eigenvalue weighted by Gasteiger charge is -2.30. The average molecular weight is 555 g/mol. The van der Waals surface area contributed by atoms with E-state index in [1.807, 2.05) is 4.57 Å². The number of ether oxygens (including phenoxy) is 2. The van der Waals surface area contributed by atoms with Gasteiger partial charge in [-0.2, -0.15) is 0 Å². The molecule has 0 amide bonds. The largest absolute Gasteiger partial charge is 0.478 e. The quantitative estimate of drug-likeness (QED) is 0.328. The molecule has 0 spiro atoms. The smallest absolute Gasteiger partial charge is 0.335 e. The number of hydrogen-bond acceptors (Lipinski definition) is 6. The summed E-state index contributed by atoms with van der Waals surface area (Å²) < 4.78 is 42.1. The fraction of sp³-hybridized carbons (Fsp3) is 0.321. The molecule has 6 rings (SSSR count). The van der Waals surface area contributed by atoms with Gasteiger partial charge in [-0.05, 0) is 54.8 Å². The second-order valence-corrected chi connectivity index (χ2v) is 10.2. The van der Waals surface area contributed by atoms with Crippen LogP contribution in [-0.4, -0.2) is 49.8 Å². The number of nitrogens with zero attached hydrogens (tertiary/aromatic N) is 4. The monoisotopic (exact) mass is 554 g/mol. The molecule has 0 radical (unpaired) electrons. The lowest BCUT2D eigenvalue weighted by molar-refractivity contribution is -0.0592. The van der Waals surface area contributed by atoms with E-state index in [0.29, 0.717) is 44.9 Å². The molecule has 1 atom stereocenters. The van der Waals surface area contributed by atoms with Crippen molar-refractivity contribution in [2.45, 2.75) is 45.2 Å². The van der Waals surface area contributed by atoms with Crippen LogP contribution in [-0.2, 0) is 37.4 Å². The van der Waals surface area contributed by atoms with Gasteiger partial charge in [-0.1, -0.05) is 17.7 Å². The Kier molecular flexibility index (Phi) is 6.92. The van der Waals surface area contributed by atoms with E-state index in [1.54, 1.807) is 24.3 Å². The Morgan fingerprint density at radius 2 is 2.00 bits per heavy atom. The van der Waals surface area contributed by atoms with E-state index >= 15 is 0 Å². The number of carbonyl (C=O) groups is 1. The molecule has 4 aromatic rings. The molecule has 0 saturated carbocycles. The van der Waals surface area contributed by atoms with Gasteiger partial charge in [0.1, 0.15) is 18.2 Å². The van der Waals surface area contributed by atoms with Gasteiger partial charge in [-0.15, -0.1) is 0 Å². The summed E-state index contributed by atoms with van der Waals surface area (Å²) in [5.41, 5.74) is 3.41. The number of rotatable bonds is 8. The standard InChI is InChI=1S/C28H25ClF2N4O4/c29-19-3-1-18(21(30)11-19)15-39-27-22(31)9-16-5-7-34(13-24(16)33-27)14-26-32-23-4-2-17(28(36)37)10-25(23)35(26)12-20-6-8-38-20/h1-4,9-11,20H,5-8,12-15H2,(H,36,37)/t20-/m0/s1. The number of carboxylic acid groups (broad SMARTS) is 1. The first kappa shape index (κ1) is 25.7. The van der Waals surface area contributed by atoms with Gasteiger partial charge >= 0.3 is 5.97 Å². The van der Waals surface area contributed by atoms with E-state index in [0.717, 1.165) is 28.8 Å². The first-order valence-corrected chi connectivity index (χ1v) is 13.0. The van der Waals surface area contributed by atoms with Crippen LogP contribution in [0.15, 0.2) is 42.5 Å². The van der Waals surface area contributed by atoms with Crippen LogP contribution in [0, 0.1) is 11.6 Å². The highest BCUT2D eigenvalue weighted by atomic mass is 35.5. The van der Waals surface area contributed by atoms with Gasteiger partial charge in [-0.3, -0.25) is 4.90 Å². The van der Waals surface area contributed by atoms with E-state index in [-0.39, 0.29) is 34.7 Å². The predicted molar refractivity (Wildman–Crippen MR) is 139 cm³/mol. The molecule has 1 fully saturated rings. The van der Waals surface area contributed by atoms with Gasteiger partial charge in [0.25, 0.3) is 5.88 Å². The summed E-state index contributed by atoms with van der Waals surface area (Å²) in [4.78, 5) is 23.0. The second kappa shape index (κ2) is 10.5. The molecule has 1 N–H and O–H groups in total. The van der Waals surface area contributed by atoms with Crippen molar-refractivity contribution < 1.29 is 28.2 Å². The van der Waals surface area contributed by atoms with Crippen LogP contribution < -0.4 is 4.74 Å². The van der Waals surface area contributed by atoms with E-state index in [1.165, 1.54) is 18.2 Å². The van der Waals surface area contributed by atoms with E-state index in [2.05, 4.69) is 9.88 Å². The molecule has 1 saturated heterocycles. The summed E-state index contributed by atoms with van der Waals surface area (Å²) in [6, 6.07) is 10.6. The SMILES string of the molecule is O=C(O)c1ccc2nc(CN3CCc4cc(F)c(OCc5ccc(Cl)cc5F)nc4C3)n(C[C@@H]3CCO3)c2c1. The Labute approximate surface area is 227 Å². The highest BCUT2D eigenvalue weighted by molar-refractivity contribution is 6.30. The Balaban J connectivity index is 1.22. The van der Waals surface area contributed by atoms with Crippen LogP contribution in [0.3, 0.4) is 0 Å². The highest BCUT2D eigenvalue weighted by Crippen LogP contribution is 2.28. The molecule has 0 bridgehead atoms. The van der Waals surface area contributed by atoms with E-state index in [4.69, 9.17) is 26.1 Å². The lowest BCUT2D eigenvalue weighted by Crippen LogP contribution is -2.34. The third-order valence-electron chi connectivity index (χ3n) is 7.18. The minimum Gasteiger partial charge on any atom is -0.478 e. The molecule has 8 nitrogen and oxygen atoms in total. The van der Waals surface area contributed by atoms with Crippen LogP contribution in [0.1, 0.15) is 39.4 Å². The topological polar surface area (TPSA) is 89.7 Å². The van der Waals surface area contributed by atoms with Gasteiger partial charge in [0.2, 0.25) is 0 Å². The van der Waals surface area contributed by atoms with Crippen LogP contribution >= 0.6 is 11.6 Å². The van der Waals surface area contributed by atoms with Crippen molar-refractivity contribution in [3.05, 3.63) is 87.3 Å². The van der Waals surface area contributed by atoms with Crippen LogP contribution in [0.5, 0.6) is 5.88 Å². The molecule has 0 unspecified atom stereocenters. The molecule has 2 aromatic heterocycles. The van der Waals surface area contributed by atoms with Gasteiger partial charge in [-0.25, -0.2) is 23.5 Å². The van der Waals surface area contributed by atoms with Crippen LogP contribution in [0.25, 0.3) is 11.0 Å². The normalized spacial score (nSPS) is 17.2. The van der Waals surface area contributed by atoms with Crippen molar-refractivity contribution in [2.75, 3.05) is 13.2 Å². The maximum absolute atomic E-state index is 14.7. The van der Waals surface area contributed by atoms with Crippen LogP contribution in [0.2, 0.25) is 5.02 Å². The van der Waals surface area contributed by atoms with Crippen molar-refractivity contribution >= 4 is 28.6 Å². The Morgan fingerprint density at radius 1 is 1.15 bits per heavy atom. The molecule has 2 aliphatic heterocycles. The predicted octanol–water partition coefficient (Wildman–Crippen LogP) is 4.99. The second-order valence-electron chi connectivity index (χ2n) is 9.79. The number of fused-ring (bicyclic) bond motifs is 2. The van der Waals surface area contributed by atoms with E-state index in [9.17, 15) is 18.7 Å². The van der Waals surface area contributed by atoms with Crippen molar-refractivity contribution in [2.24, 2.45) is 0 Å². The minimum absolute atomic E-state index is 0.0616. The first-order valence-electron chi connectivity index (χ1n) is 12.7. The number of aromatic nitrogens is 3. The third kappa shape index (κ3) is 5.32. The summed E-state index contributed by atoms with van der Waals surface area (Å²) in [5.74, 6) is -1.50. The number of halogens is 3. The summed E-state index contributed by atoms with van der Waals surface area (Å²) in [6.07, 6.45) is 1.60. The fourth-order valence-corrected chi connectivity index (χ4v) is 5.11. The Bertz CT molecular complexity index is 1570. The number of hydrogen-bond donors (Lipinski definition) is 1. The zero-order valence-electron chi connectivity index (χ0n) is 20.9. The Morgan fingerprint density at radius 3 is 2.74 bits per heavy atom. The van der Waals surface area contributed by atoms with Crippen molar-refractivity contribution in [3.8, 4) is 5.88 Å². The Hall–Kier alpha value is -3.60. The van der Waals surface area contributed by atoms with E-state index < -0.39 is 17.6 Å². The first-order chi connectivity index (χ1) is 18.8. The van der Waals surface area contributed by atoms with Gasteiger partial charge < -0.3 is 19.1 Å². The molecule has 4 heterocycles. The highest BCUT2D eigenvalue weighted by Gasteiger charge is 2.26. The summed E-state index contributed by atoms with van der Waals surface area (Å²) in [5, 5.41) is 9.74. The summed E-state index contributed by atoms with van der Waals surface area (Å²) in [6.45, 7) is 2.74.